The predicted octanol–water partition coefficient (Wildman–Crippen LogP) is 0.136. The normalized spacial score (nSPS) is 11.0. The topological polar surface area (TPSA) is 110 Å². The van der Waals surface area contributed by atoms with E-state index in [1.807, 2.05) is 6.92 Å². The van der Waals surface area contributed by atoms with Crippen molar-refractivity contribution in [2.75, 3.05) is 12.4 Å². The monoisotopic (exact) mass is 312 g/mol. The van der Waals surface area contributed by atoms with Crippen LogP contribution >= 0.6 is 11.8 Å². The Kier molecular flexibility index (Phi) is 4.84. The zero-order valence-electron chi connectivity index (χ0n) is 11.8. The van der Waals surface area contributed by atoms with Crippen LogP contribution in [0.15, 0.2) is 9.59 Å². The van der Waals surface area contributed by atoms with E-state index in [1.165, 1.54) is 23.4 Å². The van der Waals surface area contributed by atoms with E-state index in [-0.39, 0.29) is 17.2 Å². The summed E-state index contributed by atoms with van der Waals surface area (Å²) in [5.74, 6) is 0.892. The molecule has 0 aliphatic rings. The number of hydrogen-bond acceptors (Lipinski definition) is 6. The fourth-order valence-corrected chi connectivity index (χ4v) is 2.39. The number of hydrogen-bond donors (Lipinski definition) is 2. The molecule has 0 aromatic carbocycles. The van der Waals surface area contributed by atoms with E-state index in [4.69, 9.17) is 4.74 Å². The number of ether oxygens (including phenoxy) is 1. The van der Waals surface area contributed by atoms with Crippen LogP contribution in [-0.2, 0) is 22.3 Å². The highest BCUT2D eigenvalue weighted by Crippen LogP contribution is 2.12. The van der Waals surface area contributed by atoms with Crippen molar-refractivity contribution in [1.29, 1.82) is 0 Å². The summed E-state index contributed by atoms with van der Waals surface area (Å²) in [6, 6.07) is 0. The molecule has 21 heavy (non-hydrogen) atoms. The van der Waals surface area contributed by atoms with Crippen molar-refractivity contribution in [2.45, 2.75) is 19.1 Å². The number of rotatable bonds is 6. The number of nitrogens with zero attached hydrogens (tertiary/aromatic N) is 2. The lowest BCUT2D eigenvalue weighted by atomic mass is 10.5. The largest absolute Gasteiger partial charge is 0.465 e. The zero-order chi connectivity index (χ0) is 15.4. The van der Waals surface area contributed by atoms with Gasteiger partial charge in [0.1, 0.15) is 11.3 Å². The van der Waals surface area contributed by atoms with E-state index in [1.54, 1.807) is 0 Å². The first-order valence-corrected chi connectivity index (χ1v) is 7.59. The van der Waals surface area contributed by atoms with E-state index in [0.717, 1.165) is 6.42 Å². The number of carbonyl (C=O) groups is 1. The summed E-state index contributed by atoms with van der Waals surface area (Å²) >= 11 is 1.33. The van der Waals surface area contributed by atoms with E-state index in [2.05, 4.69) is 15.0 Å². The van der Waals surface area contributed by atoms with E-state index < -0.39 is 11.2 Å². The molecule has 0 aliphatic carbocycles. The van der Waals surface area contributed by atoms with Crippen LogP contribution in [0.3, 0.4) is 0 Å². The summed E-state index contributed by atoms with van der Waals surface area (Å²) in [5, 5.41) is 0. The lowest BCUT2D eigenvalue weighted by Crippen LogP contribution is -2.28. The number of H-pyrrole nitrogens is 2. The Morgan fingerprint density at radius 2 is 2.14 bits per heavy atom. The van der Waals surface area contributed by atoms with Gasteiger partial charge in [0.2, 0.25) is 0 Å². The molecule has 0 unspecified atom stereocenters. The molecule has 0 saturated carbocycles. The number of aromatic nitrogens is 4. The summed E-state index contributed by atoms with van der Waals surface area (Å²) in [7, 11) is 1.53. The summed E-state index contributed by atoms with van der Waals surface area (Å²) in [6.07, 6.45) is 0.788. The Hall–Kier alpha value is -2.03. The number of nitrogens with one attached hydrogen (secondary N) is 2. The van der Waals surface area contributed by atoms with Gasteiger partial charge in [-0.05, 0) is 6.42 Å². The molecule has 114 valence electrons. The maximum Gasteiger partial charge on any atom is 0.329 e. The maximum absolute atomic E-state index is 11.6. The fourth-order valence-electron chi connectivity index (χ4n) is 1.71. The minimum atomic E-state index is -0.513. The standard InChI is InChI=1S/C12H16N4O4S/c1-3-4-20-8(17)6-21-5-7-13-9-10(14-7)16(2)12(19)15-11(9)18/h3-6H2,1-2H3,(H,13,14)(H,15,18,19). The second kappa shape index (κ2) is 6.61. The summed E-state index contributed by atoms with van der Waals surface area (Å²) < 4.78 is 6.21. The molecule has 0 aliphatic heterocycles. The molecule has 0 saturated heterocycles. The van der Waals surface area contributed by atoms with Gasteiger partial charge >= 0.3 is 11.7 Å². The van der Waals surface area contributed by atoms with Gasteiger partial charge in [0.15, 0.2) is 5.65 Å². The number of imidazole rings is 1. The minimum Gasteiger partial charge on any atom is -0.465 e. The number of aryl methyl sites for hydroxylation is 1. The van der Waals surface area contributed by atoms with Crippen LogP contribution in [0.4, 0.5) is 0 Å². The highest BCUT2D eigenvalue weighted by Gasteiger charge is 2.11. The molecular weight excluding hydrogens is 296 g/mol. The van der Waals surface area contributed by atoms with Crippen LogP contribution in [0, 0.1) is 0 Å². The molecule has 2 aromatic rings. The van der Waals surface area contributed by atoms with Gasteiger partial charge in [-0.1, -0.05) is 6.92 Å². The molecule has 0 radical (unpaired) electrons. The van der Waals surface area contributed by atoms with Crippen molar-refractivity contribution in [3.63, 3.8) is 0 Å². The van der Waals surface area contributed by atoms with E-state index >= 15 is 0 Å². The summed E-state index contributed by atoms with van der Waals surface area (Å²) in [4.78, 5) is 43.7. The van der Waals surface area contributed by atoms with Crippen LogP contribution in [0.5, 0.6) is 0 Å². The highest BCUT2D eigenvalue weighted by atomic mass is 32.2. The van der Waals surface area contributed by atoms with Gasteiger partial charge in [-0.3, -0.25) is 19.1 Å². The molecule has 2 heterocycles. The second-order valence-corrected chi connectivity index (χ2v) is 5.40. The number of aromatic amines is 2. The van der Waals surface area contributed by atoms with Crippen LogP contribution < -0.4 is 11.2 Å². The van der Waals surface area contributed by atoms with Crippen LogP contribution in [-0.4, -0.2) is 37.8 Å². The average Bonchev–Trinajstić information content (AvgIpc) is 2.87. The molecule has 0 fully saturated rings. The molecule has 0 amide bonds. The quantitative estimate of drug-likeness (QED) is 0.734. The number of thioether (sulfide) groups is 1. The molecule has 0 spiro atoms. The first-order valence-electron chi connectivity index (χ1n) is 6.44. The Balaban J connectivity index is 2.05. The van der Waals surface area contributed by atoms with Crippen molar-refractivity contribution in [1.82, 2.24) is 19.5 Å². The van der Waals surface area contributed by atoms with Crippen LogP contribution in [0.25, 0.3) is 11.2 Å². The van der Waals surface area contributed by atoms with Crippen molar-refractivity contribution < 1.29 is 9.53 Å². The predicted molar refractivity (Wildman–Crippen MR) is 79.4 cm³/mol. The van der Waals surface area contributed by atoms with Gasteiger partial charge < -0.3 is 9.72 Å². The van der Waals surface area contributed by atoms with Crippen molar-refractivity contribution in [3.8, 4) is 0 Å². The molecule has 2 rings (SSSR count). The van der Waals surface area contributed by atoms with Gasteiger partial charge in [0, 0.05) is 7.05 Å². The van der Waals surface area contributed by atoms with Gasteiger partial charge in [-0.25, -0.2) is 9.78 Å². The van der Waals surface area contributed by atoms with Crippen LogP contribution in [0.1, 0.15) is 19.2 Å². The Morgan fingerprint density at radius 3 is 2.86 bits per heavy atom. The number of esters is 1. The third kappa shape index (κ3) is 3.54. The fraction of sp³-hybridized carbons (Fsp3) is 0.500. The molecular formula is C12H16N4O4S. The number of fused-ring (bicyclic) bond motifs is 1. The van der Waals surface area contributed by atoms with Crippen molar-refractivity contribution >= 4 is 28.9 Å². The molecule has 2 aromatic heterocycles. The van der Waals surface area contributed by atoms with Gasteiger partial charge in [-0.15, -0.1) is 11.8 Å². The Labute approximate surface area is 123 Å². The summed E-state index contributed by atoms with van der Waals surface area (Å²) in [6.45, 7) is 2.35. The molecule has 2 N–H and O–H groups in total. The zero-order valence-corrected chi connectivity index (χ0v) is 12.6. The number of carbonyl (C=O) groups excluding carboxylic acids is 1. The lowest BCUT2D eigenvalue weighted by molar-refractivity contribution is -0.140. The van der Waals surface area contributed by atoms with Gasteiger partial charge in [0.25, 0.3) is 5.56 Å². The van der Waals surface area contributed by atoms with Gasteiger partial charge in [0.05, 0.1) is 18.1 Å². The molecule has 9 heteroatoms. The van der Waals surface area contributed by atoms with Crippen molar-refractivity contribution in [3.05, 3.63) is 26.7 Å². The second-order valence-electron chi connectivity index (χ2n) is 4.41. The van der Waals surface area contributed by atoms with Crippen molar-refractivity contribution in [2.24, 2.45) is 7.05 Å². The SMILES string of the molecule is CCCOC(=O)CSCc1nc2c([nH]1)c(=O)[nH]c(=O)n2C. The maximum atomic E-state index is 11.6. The van der Waals surface area contributed by atoms with E-state index in [9.17, 15) is 14.4 Å². The third-order valence-corrected chi connectivity index (χ3v) is 3.65. The lowest BCUT2D eigenvalue weighted by Gasteiger charge is -2.01. The average molecular weight is 312 g/mol. The molecule has 0 bridgehead atoms. The third-order valence-electron chi connectivity index (χ3n) is 2.73. The Bertz CT molecular complexity index is 761. The first-order chi connectivity index (χ1) is 10.0. The summed E-state index contributed by atoms with van der Waals surface area (Å²) in [5.41, 5.74) is -0.463. The molecule has 8 nitrogen and oxygen atoms in total. The Morgan fingerprint density at radius 1 is 1.38 bits per heavy atom. The van der Waals surface area contributed by atoms with Crippen LogP contribution in [0.2, 0.25) is 0 Å². The van der Waals surface area contributed by atoms with E-state index in [0.29, 0.717) is 23.8 Å². The van der Waals surface area contributed by atoms with Gasteiger partial charge in [-0.2, -0.15) is 0 Å². The molecule has 0 atom stereocenters. The highest BCUT2D eigenvalue weighted by molar-refractivity contribution is 7.99. The minimum absolute atomic E-state index is 0.215. The first kappa shape index (κ1) is 15.4. The smallest absolute Gasteiger partial charge is 0.329 e.